The summed E-state index contributed by atoms with van der Waals surface area (Å²) >= 11 is 0. The first-order chi connectivity index (χ1) is 8.75. The lowest BCUT2D eigenvalue weighted by Gasteiger charge is -2.01. The van der Waals surface area contributed by atoms with Crippen LogP contribution in [0.2, 0.25) is 0 Å². The Hall–Kier alpha value is -2.76. The summed E-state index contributed by atoms with van der Waals surface area (Å²) in [6.45, 7) is 0. The van der Waals surface area contributed by atoms with Crippen molar-refractivity contribution in [3.63, 3.8) is 0 Å². The van der Waals surface area contributed by atoms with Gasteiger partial charge in [-0.25, -0.2) is 14.8 Å². The fourth-order valence-electron chi connectivity index (χ4n) is 1.67. The van der Waals surface area contributed by atoms with Crippen LogP contribution in [0, 0.1) is 0 Å². The molecule has 0 radical (unpaired) electrons. The third kappa shape index (κ3) is 1.60. The predicted octanol–water partition coefficient (Wildman–Crippen LogP) is 1.51. The fraction of sp³-hybridized carbons (Fsp3) is 0. The molecule has 0 unspecified atom stereocenters. The van der Waals surface area contributed by atoms with Crippen molar-refractivity contribution in [1.82, 2.24) is 19.7 Å². The number of carbonyl (C=O) groups is 1. The van der Waals surface area contributed by atoms with Crippen LogP contribution in [0.3, 0.4) is 0 Å². The van der Waals surface area contributed by atoms with Crippen molar-refractivity contribution < 1.29 is 9.90 Å². The molecular weight excluding hydrogens is 232 g/mol. The zero-order valence-corrected chi connectivity index (χ0v) is 9.19. The van der Waals surface area contributed by atoms with E-state index in [-0.39, 0.29) is 5.56 Å². The predicted molar refractivity (Wildman–Crippen MR) is 63.6 cm³/mol. The van der Waals surface area contributed by atoms with Crippen molar-refractivity contribution in [2.75, 3.05) is 0 Å². The number of rotatable bonds is 2. The van der Waals surface area contributed by atoms with Crippen LogP contribution in [0.4, 0.5) is 0 Å². The van der Waals surface area contributed by atoms with Crippen LogP contribution in [0.15, 0.2) is 42.9 Å². The number of nitrogens with zero attached hydrogens (tertiary/aromatic N) is 4. The van der Waals surface area contributed by atoms with Gasteiger partial charge < -0.3 is 5.11 Å². The monoisotopic (exact) mass is 240 g/mol. The normalized spacial score (nSPS) is 10.7. The van der Waals surface area contributed by atoms with Crippen LogP contribution >= 0.6 is 0 Å². The number of carboxylic acids is 1. The Morgan fingerprint density at radius 2 is 1.83 bits per heavy atom. The van der Waals surface area contributed by atoms with E-state index < -0.39 is 5.97 Å². The van der Waals surface area contributed by atoms with Crippen LogP contribution in [0.1, 0.15) is 10.4 Å². The second-order valence-corrected chi connectivity index (χ2v) is 3.69. The van der Waals surface area contributed by atoms with E-state index in [1.165, 1.54) is 12.4 Å². The Balaban J connectivity index is 2.12. The first-order valence-electron chi connectivity index (χ1n) is 5.24. The van der Waals surface area contributed by atoms with E-state index in [1.54, 1.807) is 10.9 Å². The molecule has 0 amide bonds. The van der Waals surface area contributed by atoms with Gasteiger partial charge in [0.2, 0.25) is 0 Å². The molecule has 0 aliphatic carbocycles. The summed E-state index contributed by atoms with van der Waals surface area (Å²) in [4.78, 5) is 18.7. The summed E-state index contributed by atoms with van der Waals surface area (Å²) in [5.41, 5.74) is 0.927. The molecule has 2 heterocycles. The minimum Gasteiger partial charge on any atom is -0.478 e. The van der Waals surface area contributed by atoms with Gasteiger partial charge in [0, 0.05) is 17.8 Å². The number of para-hydroxylation sites is 1. The van der Waals surface area contributed by atoms with Gasteiger partial charge in [-0.3, -0.25) is 0 Å². The van der Waals surface area contributed by atoms with Gasteiger partial charge >= 0.3 is 5.97 Å². The lowest BCUT2D eigenvalue weighted by molar-refractivity contribution is 0.0696. The highest BCUT2D eigenvalue weighted by Gasteiger charge is 2.08. The van der Waals surface area contributed by atoms with Crippen molar-refractivity contribution in [1.29, 1.82) is 0 Å². The number of hydrogen-bond donors (Lipinski definition) is 1. The summed E-state index contributed by atoms with van der Waals surface area (Å²) in [5.74, 6) is -0.701. The van der Waals surface area contributed by atoms with Crippen molar-refractivity contribution in [3.05, 3.63) is 48.4 Å². The van der Waals surface area contributed by atoms with Gasteiger partial charge in [0.25, 0.3) is 5.95 Å². The molecule has 0 aliphatic heterocycles. The summed E-state index contributed by atoms with van der Waals surface area (Å²) in [5, 5.41) is 13.9. The number of benzene rings is 1. The maximum absolute atomic E-state index is 10.7. The van der Waals surface area contributed by atoms with Gasteiger partial charge in [-0.1, -0.05) is 18.2 Å². The Morgan fingerprint density at radius 1 is 1.11 bits per heavy atom. The van der Waals surface area contributed by atoms with Gasteiger partial charge in [0.05, 0.1) is 17.3 Å². The summed E-state index contributed by atoms with van der Waals surface area (Å²) in [6.07, 6.45) is 4.24. The van der Waals surface area contributed by atoms with Crippen LogP contribution < -0.4 is 0 Å². The van der Waals surface area contributed by atoms with Crippen molar-refractivity contribution in [2.24, 2.45) is 0 Å². The van der Waals surface area contributed by atoms with Gasteiger partial charge in [-0.2, -0.15) is 9.78 Å². The molecule has 0 bridgehead atoms. The molecule has 0 fully saturated rings. The van der Waals surface area contributed by atoms with Crippen LogP contribution in [0.5, 0.6) is 0 Å². The highest BCUT2D eigenvalue weighted by Crippen LogP contribution is 2.15. The number of fused-ring (bicyclic) bond motifs is 1. The molecule has 88 valence electrons. The number of hydrogen-bond acceptors (Lipinski definition) is 4. The van der Waals surface area contributed by atoms with Crippen LogP contribution in [0.25, 0.3) is 16.9 Å². The second kappa shape index (κ2) is 3.92. The molecular formula is C12H8N4O2. The highest BCUT2D eigenvalue weighted by atomic mass is 16.4. The molecule has 0 saturated heterocycles. The molecule has 1 aromatic carbocycles. The zero-order valence-electron chi connectivity index (χ0n) is 9.19. The first kappa shape index (κ1) is 10.4. The van der Waals surface area contributed by atoms with Gasteiger partial charge in [0.1, 0.15) is 0 Å². The van der Waals surface area contributed by atoms with Crippen LogP contribution in [-0.4, -0.2) is 30.8 Å². The lowest BCUT2D eigenvalue weighted by atomic mass is 10.3. The quantitative estimate of drug-likeness (QED) is 0.734. The second-order valence-electron chi connectivity index (χ2n) is 3.69. The smallest absolute Gasteiger partial charge is 0.338 e. The van der Waals surface area contributed by atoms with E-state index >= 15 is 0 Å². The first-order valence-corrected chi connectivity index (χ1v) is 5.24. The summed E-state index contributed by atoms with van der Waals surface area (Å²) < 4.78 is 1.57. The third-order valence-corrected chi connectivity index (χ3v) is 2.55. The van der Waals surface area contributed by atoms with E-state index in [1.807, 2.05) is 24.3 Å². The molecule has 3 aromatic rings. The SMILES string of the molecule is O=C(O)c1cnc(-n2ncc3ccccc32)nc1. The Morgan fingerprint density at radius 3 is 2.56 bits per heavy atom. The minimum atomic E-state index is -1.05. The van der Waals surface area contributed by atoms with Gasteiger partial charge in [0.15, 0.2) is 0 Å². The van der Waals surface area contributed by atoms with E-state index in [0.29, 0.717) is 5.95 Å². The average molecular weight is 240 g/mol. The molecule has 18 heavy (non-hydrogen) atoms. The Kier molecular flexibility index (Phi) is 2.26. The molecule has 0 saturated carbocycles. The Bertz CT molecular complexity index is 718. The lowest BCUT2D eigenvalue weighted by Crippen LogP contribution is -2.05. The Labute approximate surface area is 102 Å². The van der Waals surface area contributed by atoms with Crippen LogP contribution in [-0.2, 0) is 0 Å². The molecule has 1 N–H and O–H groups in total. The maximum atomic E-state index is 10.7. The summed E-state index contributed by atoms with van der Waals surface area (Å²) in [7, 11) is 0. The van der Waals surface area contributed by atoms with Gasteiger partial charge in [-0.05, 0) is 6.07 Å². The molecule has 6 heteroatoms. The number of carboxylic acid groups (broad SMARTS) is 1. The minimum absolute atomic E-state index is 0.0511. The van der Waals surface area contributed by atoms with E-state index in [2.05, 4.69) is 15.1 Å². The largest absolute Gasteiger partial charge is 0.478 e. The average Bonchev–Trinajstić information content (AvgIpc) is 2.82. The van der Waals surface area contributed by atoms with Gasteiger partial charge in [-0.15, -0.1) is 0 Å². The molecule has 2 aromatic heterocycles. The number of aromatic nitrogens is 4. The standard InChI is InChI=1S/C12H8N4O2/c17-11(18)9-5-13-12(14-6-9)16-10-4-2-1-3-8(10)7-15-16/h1-7H,(H,17,18). The van der Waals surface area contributed by atoms with E-state index in [4.69, 9.17) is 5.11 Å². The molecule has 0 atom stereocenters. The van der Waals surface area contributed by atoms with Crippen molar-refractivity contribution >= 4 is 16.9 Å². The van der Waals surface area contributed by atoms with E-state index in [9.17, 15) is 4.79 Å². The van der Waals surface area contributed by atoms with Crippen molar-refractivity contribution in [3.8, 4) is 5.95 Å². The summed E-state index contributed by atoms with van der Waals surface area (Å²) in [6, 6.07) is 7.65. The third-order valence-electron chi connectivity index (χ3n) is 2.55. The maximum Gasteiger partial charge on any atom is 0.338 e. The topological polar surface area (TPSA) is 80.9 Å². The zero-order chi connectivity index (χ0) is 12.5. The highest BCUT2D eigenvalue weighted by molar-refractivity contribution is 5.86. The number of aromatic carboxylic acids is 1. The van der Waals surface area contributed by atoms with E-state index in [0.717, 1.165) is 10.9 Å². The fourth-order valence-corrected chi connectivity index (χ4v) is 1.67. The molecule has 0 aliphatic rings. The molecule has 6 nitrogen and oxygen atoms in total. The van der Waals surface area contributed by atoms with Crippen molar-refractivity contribution in [2.45, 2.75) is 0 Å². The molecule has 3 rings (SSSR count). The molecule has 0 spiro atoms.